The fraction of sp³-hybridized carbons (Fsp3) is 0.625. The van der Waals surface area contributed by atoms with Crippen LogP contribution in [0.2, 0.25) is 0 Å². The van der Waals surface area contributed by atoms with Crippen molar-refractivity contribution in [2.75, 3.05) is 20.8 Å². The van der Waals surface area contributed by atoms with Gasteiger partial charge < -0.3 is 14.8 Å². The Bertz CT molecular complexity index is 366. The van der Waals surface area contributed by atoms with Crippen molar-refractivity contribution in [3.8, 4) is 11.5 Å². The van der Waals surface area contributed by atoms with E-state index >= 15 is 0 Å². The van der Waals surface area contributed by atoms with Crippen LogP contribution in [0.25, 0.3) is 0 Å². The molecular weight excluding hydrogens is 238 g/mol. The van der Waals surface area contributed by atoms with Gasteiger partial charge in [0.2, 0.25) is 0 Å². The van der Waals surface area contributed by atoms with Crippen LogP contribution in [0.15, 0.2) is 18.2 Å². The summed E-state index contributed by atoms with van der Waals surface area (Å²) in [7, 11) is 3.39. The maximum Gasteiger partial charge on any atom is 0.127 e. The zero-order valence-electron chi connectivity index (χ0n) is 12.7. The molecule has 0 amide bonds. The second-order valence-electron chi connectivity index (χ2n) is 4.71. The monoisotopic (exact) mass is 265 g/mol. The van der Waals surface area contributed by atoms with Crippen molar-refractivity contribution in [2.45, 2.75) is 45.6 Å². The first-order valence-electron chi connectivity index (χ1n) is 7.22. The molecule has 0 spiro atoms. The van der Waals surface area contributed by atoms with Gasteiger partial charge in [-0.3, -0.25) is 0 Å². The van der Waals surface area contributed by atoms with Crippen LogP contribution in [0.3, 0.4) is 0 Å². The van der Waals surface area contributed by atoms with E-state index in [2.05, 4.69) is 25.2 Å². The van der Waals surface area contributed by atoms with E-state index in [0.717, 1.165) is 24.5 Å². The smallest absolute Gasteiger partial charge is 0.127 e. The van der Waals surface area contributed by atoms with Crippen LogP contribution in [-0.2, 0) is 0 Å². The van der Waals surface area contributed by atoms with Gasteiger partial charge in [-0.05, 0) is 19.0 Å². The van der Waals surface area contributed by atoms with Gasteiger partial charge in [-0.2, -0.15) is 0 Å². The lowest BCUT2D eigenvalue weighted by molar-refractivity contribution is 0.380. The van der Waals surface area contributed by atoms with Gasteiger partial charge in [-0.25, -0.2) is 0 Å². The normalized spacial score (nSPS) is 12.2. The number of unbranched alkanes of at least 4 members (excludes halogenated alkanes) is 2. The average molecular weight is 265 g/mol. The van der Waals surface area contributed by atoms with E-state index < -0.39 is 0 Å². The van der Waals surface area contributed by atoms with Crippen molar-refractivity contribution in [1.29, 1.82) is 0 Å². The third-order valence-corrected chi connectivity index (χ3v) is 3.36. The Morgan fingerprint density at radius 3 is 2.47 bits per heavy atom. The van der Waals surface area contributed by atoms with Gasteiger partial charge in [-0.15, -0.1) is 0 Å². The first-order valence-corrected chi connectivity index (χ1v) is 7.22. The fourth-order valence-corrected chi connectivity index (χ4v) is 2.32. The van der Waals surface area contributed by atoms with Gasteiger partial charge in [0.1, 0.15) is 11.5 Å². The molecule has 0 bridgehead atoms. The van der Waals surface area contributed by atoms with Gasteiger partial charge in [0, 0.05) is 17.7 Å². The molecule has 1 rings (SSSR count). The minimum Gasteiger partial charge on any atom is -0.497 e. The van der Waals surface area contributed by atoms with Crippen molar-refractivity contribution in [2.24, 2.45) is 0 Å². The number of ether oxygens (including phenoxy) is 2. The van der Waals surface area contributed by atoms with Crippen molar-refractivity contribution >= 4 is 0 Å². The molecule has 0 heterocycles. The molecule has 3 heteroatoms. The van der Waals surface area contributed by atoms with E-state index in [-0.39, 0.29) is 0 Å². The summed E-state index contributed by atoms with van der Waals surface area (Å²) in [5, 5.41) is 3.55. The Hall–Kier alpha value is -1.22. The highest BCUT2D eigenvalue weighted by Gasteiger charge is 2.15. The Labute approximate surface area is 117 Å². The van der Waals surface area contributed by atoms with Crippen LogP contribution in [0, 0.1) is 0 Å². The third kappa shape index (κ3) is 4.75. The maximum absolute atomic E-state index is 5.50. The molecule has 0 fully saturated rings. The highest BCUT2D eigenvalue weighted by molar-refractivity contribution is 5.42. The SMILES string of the molecule is CCCCCC(NCC)c1ccc(OC)cc1OC. The molecule has 0 aromatic heterocycles. The van der Waals surface area contributed by atoms with E-state index in [1.54, 1.807) is 14.2 Å². The standard InChI is InChI=1S/C16H27NO2/c1-5-7-8-9-15(17-6-2)14-11-10-13(18-3)12-16(14)19-4/h10-12,15,17H,5-9H2,1-4H3. The molecule has 1 N–H and O–H groups in total. The van der Waals surface area contributed by atoms with Crippen molar-refractivity contribution in [3.05, 3.63) is 23.8 Å². The van der Waals surface area contributed by atoms with Crippen LogP contribution in [-0.4, -0.2) is 20.8 Å². The Kier molecular flexibility index (Phi) is 7.34. The molecule has 0 radical (unpaired) electrons. The molecule has 1 aromatic rings. The summed E-state index contributed by atoms with van der Waals surface area (Å²) in [5.74, 6) is 1.74. The molecule has 1 atom stereocenters. The number of nitrogens with one attached hydrogen (secondary N) is 1. The Morgan fingerprint density at radius 1 is 1.11 bits per heavy atom. The topological polar surface area (TPSA) is 30.5 Å². The molecule has 19 heavy (non-hydrogen) atoms. The van der Waals surface area contributed by atoms with Crippen LogP contribution in [0.1, 0.15) is 51.1 Å². The number of hydrogen-bond donors (Lipinski definition) is 1. The molecular formula is C16H27NO2. The molecule has 0 aliphatic rings. The Morgan fingerprint density at radius 2 is 1.89 bits per heavy atom. The fourth-order valence-electron chi connectivity index (χ4n) is 2.32. The molecule has 0 saturated carbocycles. The lowest BCUT2D eigenvalue weighted by Gasteiger charge is -2.21. The zero-order chi connectivity index (χ0) is 14.1. The summed E-state index contributed by atoms with van der Waals surface area (Å²) in [4.78, 5) is 0. The zero-order valence-corrected chi connectivity index (χ0v) is 12.7. The summed E-state index contributed by atoms with van der Waals surface area (Å²) in [6.07, 6.45) is 4.91. The molecule has 108 valence electrons. The third-order valence-electron chi connectivity index (χ3n) is 3.36. The summed E-state index contributed by atoms with van der Waals surface area (Å²) in [6.45, 7) is 5.34. The summed E-state index contributed by atoms with van der Waals surface area (Å²) >= 11 is 0. The highest BCUT2D eigenvalue weighted by Crippen LogP contribution is 2.31. The predicted molar refractivity (Wildman–Crippen MR) is 80.1 cm³/mol. The molecule has 1 unspecified atom stereocenters. The Balaban J connectivity index is 2.87. The summed E-state index contributed by atoms with van der Waals surface area (Å²) < 4.78 is 10.8. The number of benzene rings is 1. The minimum atomic E-state index is 0.359. The second-order valence-corrected chi connectivity index (χ2v) is 4.71. The van der Waals surface area contributed by atoms with Crippen molar-refractivity contribution in [1.82, 2.24) is 5.32 Å². The molecule has 3 nitrogen and oxygen atoms in total. The van der Waals surface area contributed by atoms with Crippen molar-refractivity contribution < 1.29 is 9.47 Å². The molecule has 0 aliphatic heterocycles. The van der Waals surface area contributed by atoms with Gasteiger partial charge in [0.05, 0.1) is 14.2 Å². The van der Waals surface area contributed by atoms with Gasteiger partial charge >= 0.3 is 0 Å². The largest absolute Gasteiger partial charge is 0.497 e. The van der Waals surface area contributed by atoms with E-state index in [1.807, 2.05) is 12.1 Å². The van der Waals surface area contributed by atoms with E-state index in [4.69, 9.17) is 9.47 Å². The molecule has 0 saturated heterocycles. The van der Waals surface area contributed by atoms with Crippen molar-refractivity contribution in [3.63, 3.8) is 0 Å². The van der Waals surface area contributed by atoms with E-state index in [9.17, 15) is 0 Å². The van der Waals surface area contributed by atoms with Crippen LogP contribution < -0.4 is 14.8 Å². The maximum atomic E-state index is 5.50. The number of methoxy groups -OCH3 is 2. The quantitative estimate of drug-likeness (QED) is 0.686. The molecule has 1 aromatic carbocycles. The highest BCUT2D eigenvalue weighted by atomic mass is 16.5. The summed E-state index contributed by atoms with van der Waals surface area (Å²) in [5.41, 5.74) is 1.22. The first kappa shape index (κ1) is 15.8. The summed E-state index contributed by atoms with van der Waals surface area (Å²) in [6, 6.07) is 6.43. The van der Waals surface area contributed by atoms with Crippen LogP contribution >= 0.6 is 0 Å². The molecule has 0 aliphatic carbocycles. The first-order chi connectivity index (χ1) is 9.26. The van der Waals surface area contributed by atoms with E-state index in [1.165, 1.54) is 24.8 Å². The van der Waals surface area contributed by atoms with Gasteiger partial charge in [0.25, 0.3) is 0 Å². The van der Waals surface area contributed by atoms with Gasteiger partial charge in [0.15, 0.2) is 0 Å². The predicted octanol–water partition coefficient (Wildman–Crippen LogP) is 3.93. The number of hydrogen-bond acceptors (Lipinski definition) is 3. The van der Waals surface area contributed by atoms with Gasteiger partial charge in [-0.1, -0.05) is 39.2 Å². The lowest BCUT2D eigenvalue weighted by Crippen LogP contribution is -2.21. The van der Waals surface area contributed by atoms with Crippen LogP contribution in [0.4, 0.5) is 0 Å². The lowest BCUT2D eigenvalue weighted by atomic mass is 9.99. The van der Waals surface area contributed by atoms with Crippen LogP contribution in [0.5, 0.6) is 11.5 Å². The average Bonchev–Trinajstić information content (AvgIpc) is 2.46. The minimum absolute atomic E-state index is 0.359. The number of rotatable bonds is 9. The second kappa shape index (κ2) is 8.81. The van der Waals surface area contributed by atoms with E-state index in [0.29, 0.717) is 6.04 Å².